The van der Waals surface area contributed by atoms with Crippen LogP contribution in [0.25, 0.3) is 0 Å². The van der Waals surface area contributed by atoms with Gasteiger partial charge in [0.25, 0.3) is 5.97 Å². The van der Waals surface area contributed by atoms with E-state index in [0.717, 1.165) is 13.0 Å². The molecule has 1 rings (SSSR count). The van der Waals surface area contributed by atoms with Gasteiger partial charge in [0, 0.05) is 13.0 Å². The van der Waals surface area contributed by atoms with Crippen LogP contribution in [0.1, 0.15) is 71.6 Å². The fourth-order valence-corrected chi connectivity index (χ4v) is 2.16. The Bertz CT molecular complexity index is 173. The first-order valence-corrected chi connectivity index (χ1v) is 7.09. The number of carbonyl (C=O) groups is 1. The summed E-state index contributed by atoms with van der Waals surface area (Å²) < 4.78 is 0. The summed E-state index contributed by atoms with van der Waals surface area (Å²) in [7, 11) is 0. The molecule has 3 nitrogen and oxygen atoms in total. The van der Waals surface area contributed by atoms with Crippen molar-refractivity contribution in [1.82, 2.24) is 5.32 Å². The van der Waals surface area contributed by atoms with Crippen LogP contribution < -0.4 is 5.32 Å². The van der Waals surface area contributed by atoms with Crippen molar-refractivity contribution >= 4 is 5.97 Å². The van der Waals surface area contributed by atoms with Crippen LogP contribution in [-0.2, 0) is 4.79 Å². The number of hydrogen-bond donors (Lipinski definition) is 2. The van der Waals surface area contributed by atoms with Crippen LogP contribution in [0.3, 0.4) is 0 Å². The van der Waals surface area contributed by atoms with Crippen LogP contribution >= 0.6 is 0 Å². The number of piperidine rings is 1. The number of rotatable bonds is 6. The maximum atomic E-state index is 9.00. The van der Waals surface area contributed by atoms with Gasteiger partial charge in [0.05, 0.1) is 0 Å². The molecule has 1 aliphatic heterocycles. The van der Waals surface area contributed by atoms with E-state index in [9.17, 15) is 0 Å². The van der Waals surface area contributed by atoms with Gasteiger partial charge in [-0.15, -0.1) is 0 Å². The van der Waals surface area contributed by atoms with Crippen molar-refractivity contribution in [3.63, 3.8) is 0 Å². The van der Waals surface area contributed by atoms with Crippen molar-refractivity contribution < 1.29 is 9.90 Å². The zero-order chi connectivity index (χ0) is 12.9. The monoisotopic (exact) mass is 243 g/mol. The van der Waals surface area contributed by atoms with Gasteiger partial charge in [0.1, 0.15) is 0 Å². The maximum absolute atomic E-state index is 9.00. The van der Waals surface area contributed by atoms with Gasteiger partial charge >= 0.3 is 0 Å². The van der Waals surface area contributed by atoms with E-state index in [-0.39, 0.29) is 0 Å². The molecule has 0 radical (unpaired) electrons. The third-order valence-electron chi connectivity index (χ3n) is 3.07. The van der Waals surface area contributed by atoms with E-state index in [1.807, 2.05) is 0 Å². The normalized spacial score (nSPS) is 19.3. The molecule has 3 heteroatoms. The van der Waals surface area contributed by atoms with Crippen molar-refractivity contribution in [2.45, 2.75) is 77.7 Å². The van der Waals surface area contributed by atoms with Crippen LogP contribution in [0.15, 0.2) is 0 Å². The Labute approximate surface area is 106 Å². The minimum atomic E-state index is -0.833. The van der Waals surface area contributed by atoms with Gasteiger partial charge in [-0.1, -0.05) is 45.4 Å². The average Bonchev–Trinajstić information content (AvgIpc) is 2.29. The number of carboxylic acids is 1. The van der Waals surface area contributed by atoms with E-state index >= 15 is 0 Å². The molecule has 0 aliphatic carbocycles. The van der Waals surface area contributed by atoms with Crippen LogP contribution in [-0.4, -0.2) is 23.7 Å². The number of carboxylic acid groups (broad SMARTS) is 1. The molecule has 0 saturated carbocycles. The fourth-order valence-electron chi connectivity index (χ4n) is 2.16. The highest BCUT2D eigenvalue weighted by Crippen LogP contribution is 2.14. The Morgan fingerprint density at radius 2 is 1.88 bits per heavy atom. The topological polar surface area (TPSA) is 49.3 Å². The first-order chi connectivity index (χ1) is 8.16. The SMILES string of the molecule is CC(=O)O.CCCCCCCC1CCCCN1. The molecule has 1 unspecified atom stereocenters. The fraction of sp³-hybridized carbons (Fsp3) is 0.929. The summed E-state index contributed by atoms with van der Waals surface area (Å²) in [5.74, 6) is -0.833. The molecule has 1 fully saturated rings. The summed E-state index contributed by atoms with van der Waals surface area (Å²) >= 11 is 0. The second kappa shape index (κ2) is 11.9. The number of hydrogen-bond acceptors (Lipinski definition) is 2. The van der Waals surface area contributed by atoms with Gasteiger partial charge < -0.3 is 10.4 Å². The maximum Gasteiger partial charge on any atom is 0.300 e. The van der Waals surface area contributed by atoms with Gasteiger partial charge in [-0.2, -0.15) is 0 Å². The third kappa shape index (κ3) is 13.4. The van der Waals surface area contributed by atoms with Gasteiger partial charge in [-0.3, -0.25) is 4.79 Å². The van der Waals surface area contributed by atoms with Gasteiger partial charge in [0.15, 0.2) is 0 Å². The third-order valence-corrected chi connectivity index (χ3v) is 3.07. The zero-order valence-corrected chi connectivity index (χ0v) is 11.5. The molecule has 0 aromatic heterocycles. The molecule has 1 saturated heterocycles. The van der Waals surface area contributed by atoms with E-state index in [0.29, 0.717) is 0 Å². The average molecular weight is 243 g/mol. The van der Waals surface area contributed by atoms with Gasteiger partial charge in [-0.25, -0.2) is 0 Å². The van der Waals surface area contributed by atoms with Crippen molar-refractivity contribution in [1.29, 1.82) is 0 Å². The molecule has 0 aromatic carbocycles. The number of aliphatic carboxylic acids is 1. The first kappa shape index (κ1) is 16.4. The molecule has 17 heavy (non-hydrogen) atoms. The zero-order valence-electron chi connectivity index (χ0n) is 11.5. The molecule has 0 spiro atoms. The van der Waals surface area contributed by atoms with Crippen molar-refractivity contribution in [2.24, 2.45) is 0 Å². The van der Waals surface area contributed by atoms with E-state index < -0.39 is 5.97 Å². The highest BCUT2D eigenvalue weighted by atomic mass is 16.4. The molecule has 0 aromatic rings. The molecule has 1 heterocycles. The Balaban J connectivity index is 0.000000557. The standard InChI is InChI=1S/C12H25N.C2H4O2/c1-2-3-4-5-6-9-12-10-7-8-11-13-12;1-2(3)4/h12-13H,2-11H2,1H3;1H3,(H,3,4). The largest absolute Gasteiger partial charge is 0.481 e. The summed E-state index contributed by atoms with van der Waals surface area (Å²) in [4.78, 5) is 9.00. The summed E-state index contributed by atoms with van der Waals surface area (Å²) in [5.41, 5.74) is 0. The lowest BCUT2D eigenvalue weighted by molar-refractivity contribution is -0.134. The van der Waals surface area contributed by atoms with Crippen LogP contribution in [0, 0.1) is 0 Å². The van der Waals surface area contributed by atoms with E-state index in [1.165, 1.54) is 64.3 Å². The molecule has 1 atom stereocenters. The molecule has 0 bridgehead atoms. The molecule has 2 N–H and O–H groups in total. The lowest BCUT2D eigenvalue weighted by atomic mass is 9.99. The molecular weight excluding hydrogens is 214 g/mol. The van der Waals surface area contributed by atoms with Crippen molar-refractivity contribution in [2.75, 3.05) is 6.54 Å². The summed E-state index contributed by atoms with van der Waals surface area (Å²) in [6.45, 7) is 4.63. The van der Waals surface area contributed by atoms with E-state index in [1.54, 1.807) is 0 Å². The summed E-state index contributed by atoms with van der Waals surface area (Å²) in [5, 5.41) is 11.0. The highest BCUT2D eigenvalue weighted by molar-refractivity contribution is 5.62. The molecular formula is C14H29NO2. The highest BCUT2D eigenvalue weighted by Gasteiger charge is 2.10. The lowest BCUT2D eigenvalue weighted by Gasteiger charge is -2.23. The Morgan fingerprint density at radius 3 is 2.41 bits per heavy atom. The Morgan fingerprint density at radius 1 is 1.24 bits per heavy atom. The number of nitrogens with one attached hydrogen (secondary N) is 1. The van der Waals surface area contributed by atoms with E-state index in [4.69, 9.17) is 9.90 Å². The second-order valence-corrected chi connectivity index (χ2v) is 4.87. The molecule has 0 amide bonds. The summed E-state index contributed by atoms with van der Waals surface area (Å²) in [6, 6.07) is 0.857. The van der Waals surface area contributed by atoms with Crippen LogP contribution in [0.4, 0.5) is 0 Å². The van der Waals surface area contributed by atoms with Crippen LogP contribution in [0.2, 0.25) is 0 Å². The predicted molar refractivity (Wildman–Crippen MR) is 72.3 cm³/mol. The Kier molecular flexibility index (Phi) is 11.5. The van der Waals surface area contributed by atoms with E-state index in [2.05, 4.69) is 12.2 Å². The van der Waals surface area contributed by atoms with Gasteiger partial charge in [0.2, 0.25) is 0 Å². The smallest absolute Gasteiger partial charge is 0.300 e. The minimum absolute atomic E-state index is 0.833. The quantitative estimate of drug-likeness (QED) is 0.701. The van der Waals surface area contributed by atoms with Crippen molar-refractivity contribution in [3.05, 3.63) is 0 Å². The molecule has 1 aliphatic rings. The number of unbranched alkanes of at least 4 members (excludes halogenated alkanes) is 4. The van der Waals surface area contributed by atoms with Crippen LogP contribution in [0.5, 0.6) is 0 Å². The summed E-state index contributed by atoms with van der Waals surface area (Å²) in [6.07, 6.45) is 12.8. The molecule has 102 valence electrons. The van der Waals surface area contributed by atoms with Gasteiger partial charge in [-0.05, 0) is 25.8 Å². The lowest BCUT2D eigenvalue weighted by Crippen LogP contribution is -2.33. The van der Waals surface area contributed by atoms with Crippen molar-refractivity contribution in [3.8, 4) is 0 Å². The predicted octanol–water partition coefficient (Wildman–Crippen LogP) is 3.58. The Hall–Kier alpha value is -0.570. The minimum Gasteiger partial charge on any atom is -0.481 e. The second-order valence-electron chi connectivity index (χ2n) is 4.87. The first-order valence-electron chi connectivity index (χ1n) is 7.09.